The lowest BCUT2D eigenvalue weighted by atomic mass is 9.83. The summed E-state index contributed by atoms with van der Waals surface area (Å²) in [7, 11) is 0. The highest BCUT2D eigenvalue weighted by atomic mass is 16.5. The lowest BCUT2D eigenvalue weighted by molar-refractivity contribution is 0.0111. The van der Waals surface area contributed by atoms with E-state index in [1.807, 2.05) is 6.07 Å². The maximum absolute atomic E-state index is 10.4. The molecule has 25 heavy (non-hydrogen) atoms. The third-order valence-electron chi connectivity index (χ3n) is 5.78. The molecular weight excluding hydrogens is 310 g/mol. The molecule has 3 heteroatoms. The molecule has 0 saturated carbocycles. The zero-order chi connectivity index (χ0) is 17.1. The maximum atomic E-state index is 10.4. The van der Waals surface area contributed by atoms with Gasteiger partial charge in [0.15, 0.2) is 0 Å². The molecule has 0 bridgehead atoms. The van der Waals surface area contributed by atoms with Crippen LogP contribution >= 0.6 is 0 Å². The third-order valence-corrected chi connectivity index (χ3v) is 5.78. The van der Waals surface area contributed by atoms with Gasteiger partial charge in [-0.3, -0.25) is 5.32 Å². The number of nitrogens with one attached hydrogen (secondary N) is 1. The molecule has 2 aromatic carbocycles. The first kappa shape index (κ1) is 16.8. The molecule has 0 aliphatic carbocycles. The molecule has 0 radical (unpaired) electrons. The van der Waals surface area contributed by atoms with Gasteiger partial charge < -0.3 is 9.84 Å². The van der Waals surface area contributed by atoms with Crippen molar-refractivity contribution in [2.24, 2.45) is 11.8 Å². The second-order valence-electron chi connectivity index (χ2n) is 7.42. The molecule has 2 aliphatic rings. The Morgan fingerprint density at radius 2 is 1.60 bits per heavy atom. The Morgan fingerprint density at radius 1 is 0.920 bits per heavy atom. The lowest BCUT2D eigenvalue weighted by Gasteiger charge is -2.29. The third kappa shape index (κ3) is 3.95. The highest BCUT2D eigenvalue weighted by Gasteiger charge is 2.37. The fraction of sp³-hybridized carbons (Fsp3) is 0.455. The molecule has 4 rings (SSSR count). The van der Waals surface area contributed by atoms with Gasteiger partial charge in [-0.05, 0) is 48.3 Å². The van der Waals surface area contributed by atoms with Crippen LogP contribution in [0.25, 0.3) is 11.1 Å². The van der Waals surface area contributed by atoms with Gasteiger partial charge in [-0.1, -0.05) is 54.6 Å². The van der Waals surface area contributed by atoms with Crippen LogP contribution in [0.4, 0.5) is 0 Å². The Hall–Kier alpha value is -1.68. The number of hydrogen-bond donors (Lipinski definition) is 2. The second kappa shape index (κ2) is 7.69. The Bertz CT molecular complexity index is 664. The van der Waals surface area contributed by atoms with E-state index >= 15 is 0 Å². The molecule has 2 aromatic rings. The first-order valence-corrected chi connectivity index (χ1v) is 9.46. The van der Waals surface area contributed by atoms with Crippen molar-refractivity contribution in [3.63, 3.8) is 0 Å². The van der Waals surface area contributed by atoms with Crippen molar-refractivity contribution < 1.29 is 9.84 Å². The summed E-state index contributed by atoms with van der Waals surface area (Å²) in [5.41, 5.74) is 3.84. The summed E-state index contributed by atoms with van der Waals surface area (Å²) in [6.07, 6.45) is 3.85. The van der Waals surface area contributed by atoms with Gasteiger partial charge in [-0.25, -0.2) is 0 Å². The number of rotatable bonds is 4. The summed E-state index contributed by atoms with van der Waals surface area (Å²) in [4.78, 5) is 0. The summed E-state index contributed by atoms with van der Waals surface area (Å²) in [5.74, 6) is 0.971. The molecule has 2 heterocycles. The largest absolute Gasteiger partial charge is 0.381 e. The van der Waals surface area contributed by atoms with Crippen molar-refractivity contribution in [3.05, 3.63) is 60.2 Å². The normalized spacial score (nSPS) is 27.5. The van der Waals surface area contributed by atoms with Gasteiger partial charge in [0, 0.05) is 25.2 Å². The van der Waals surface area contributed by atoms with Gasteiger partial charge in [0.2, 0.25) is 0 Å². The smallest absolute Gasteiger partial charge is 0.108 e. The van der Waals surface area contributed by atoms with E-state index in [4.69, 9.17) is 4.74 Å². The SMILES string of the molecule is OC1N[C@H](Cc2ccc(-c3ccccc3)cc2)CC1C1CCOCC1. The van der Waals surface area contributed by atoms with E-state index in [1.165, 1.54) is 16.7 Å². The van der Waals surface area contributed by atoms with Gasteiger partial charge in [-0.15, -0.1) is 0 Å². The Kier molecular flexibility index (Phi) is 5.16. The number of ether oxygens (including phenoxy) is 1. The molecule has 2 saturated heterocycles. The first-order valence-electron chi connectivity index (χ1n) is 9.46. The van der Waals surface area contributed by atoms with Crippen LogP contribution in [0.15, 0.2) is 54.6 Å². The van der Waals surface area contributed by atoms with E-state index in [9.17, 15) is 5.11 Å². The van der Waals surface area contributed by atoms with Crippen LogP contribution in [0, 0.1) is 11.8 Å². The van der Waals surface area contributed by atoms with Gasteiger partial charge in [-0.2, -0.15) is 0 Å². The van der Waals surface area contributed by atoms with Crippen LogP contribution in [-0.4, -0.2) is 30.6 Å². The van der Waals surface area contributed by atoms with Gasteiger partial charge in [0.05, 0.1) is 0 Å². The topological polar surface area (TPSA) is 41.5 Å². The summed E-state index contributed by atoms with van der Waals surface area (Å²) >= 11 is 0. The van der Waals surface area contributed by atoms with Crippen molar-refractivity contribution in [2.45, 2.75) is 38.0 Å². The van der Waals surface area contributed by atoms with Crippen molar-refractivity contribution in [1.29, 1.82) is 0 Å². The molecule has 0 aromatic heterocycles. The highest BCUT2D eigenvalue weighted by molar-refractivity contribution is 5.63. The molecule has 2 N–H and O–H groups in total. The van der Waals surface area contributed by atoms with Crippen LogP contribution in [0.2, 0.25) is 0 Å². The van der Waals surface area contributed by atoms with Crippen molar-refractivity contribution in [3.8, 4) is 11.1 Å². The van der Waals surface area contributed by atoms with Crippen molar-refractivity contribution >= 4 is 0 Å². The second-order valence-corrected chi connectivity index (χ2v) is 7.42. The lowest BCUT2D eigenvalue weighted by Crippen LogP contribution is -2.35. The Labute approximate surface area is 150 Å². The minimum atomic E-state index is -0.364. The van der Waals surface area contributed by atoms with Crippen LogP contribution in [0.1, 0.15) is 24.8 Å². The molecular formula is C22H27NO2. The maximum Gasteiger partial charge on any atom is 0.108 e. The molecule has 0 amide bonds. The minimum absolute atomic E-state index is 0.364. The molecule has 2 fully saturated rings. The van der Waals surface area contributed by atoms with Crippen LogP contribution < -0.4 is 5.32 Å². The molecule has 132 valence electrons. The Balaban J connectivity index is 1.37. The molecule has 0 spiro atoms. The summed E-state index contributed by atoms with van der Waals surface area (Å²) < 4.78 is 5.46. The van der Waals surface area contributed by atoms with E-state index in [0.717, 1.165) is 38.9 Å². The quantitative estimate of drug-likeness (QED) is 0.895. The predicted molar refractivity (Wildman–Crippen MR) is 100 cm³/mol. The monoisotopic (exact) mass is 337 g/mol. The zero-order valence-electron chi connectivity index (χ0n) is 14.6. The molecule has 3 nitrogen and oxygen atoms in total. The van der Waals surface area contributed by atoms with E-state index < -0.39 is 0 Å². The average Bonchev–Trinajstić information content (AvgIpc) is 3.04. The van der Waals surface area contributed by atoms with E-state index in [0.29, 0.717) is 17.9 Å². The van der Waals surface area contributed by atoms with E-state index in [2.05, 4.69) is 53.8 Å². The van der Waals surface area contributed by atoms with Crippen molar-refractivity contribution in [1.82, 2.24) is 5.32 Å². The van der Waals surface area contributed by atoms with E-state index in [1.54, 1.807) is 0 Å². The van der Waals surface area contributed by atoms with Gasteiger partial charge >= 0.3 is 0 Å². The molecule has 3 atom stereocenters. The summed E-state index contributed by atoms with van der Waals surface area (Å²) in [6, 6.07) is 19.7. The highest BCUT2D eigenvalue weighted by Crippen LogP contribution is 2.34. The van der Waals surface area contributed by atoms with Crippen LogP contribution in [0.3, 0.4) is 0 Å². The Morgan fingerprint density at radius 3 is 2.32 bits per heavy atom. The zero-order valence-corrected chi connectivity index (χ0v) is 14.6. The standard InChI is InChI=1S/C22H27NO2/c24-22-21(19-10-12-25-13-11-19)15-20(23-22)14-16-6-8-18(9-7-16)17-4-2-1-3-5-17/h1-9,19-24H,10-15H2/t20-,21?,22?/m1/s1. The van der Waals surface area contributed by atoms with Crippen LogP contribution in [-0.2, 0) is 11.2 Å². The minimum Gasteiger partial charge on any atom is -0.381 e. The average molecular weight is 337 g/mol. The number of aliphatic hydroxyl groups is 1. The predicted octanol–water partition coefficient (Wildman–Crippen LogP) is 3.62. The van der Waals surface area contributed by atoms with Crippen LogP contribution in [0.5, 0.6) is 0 Å². The number of hydrogen-bond acceptors (Lipinski definition) is 3. The summed E-state index contributed by atoms with van der Waals surface area (Å²) in [6.45, 7) is 1.69. The summed E-state index contributed by atoms with van der Waals surface area (Å²) in [5, 5.41) is 13.8. The number of benzene rings is 2. The van der Waals surface area contributed by atoms with Gasteiger partial charge in [0.25, 0.3) is 0 Å². The number of aliphatic hydroxyl groups excluding tert-OH is 1. The first-order chi connectivity index (χ1) is 12.3. The van der Waals surface area contributed by atoms with E-state index in [-0.39, 0.29) is 6.23 Å². The fourth-order valence-electron chi connectivity index (χ4n) is 4.38. The molecule has 2 unspecified atom stereocenters. The van der Waals surface area contributed by atoms with Crippen molar-refractivity contribution in [2.75, 3.05) is 13.2 Å². The molecule has 2 aliphatic heterocycles. The van der Waals surface area contributed by atoms with Gasteiger partial charge in [0.1, 0.15) is 6.23 Å². The fourth-order valence-corrected chi connectivity index (χ4v) is 4.38.